The van der Waals surface area contributed by atoms with Gasteiger partial charge in [-0.15, -0.1) is 0 Å². The van der Waals surface area contributed by atoms with Crippen LogP contribution in [0.15, 0.2) is 0 Å². The second-order valence-electron chi connectivity index (χ2n) is 4.11. The fourth-order valence-corrected chi connectivity index (χ4v) is 0. The average molecular weight is 355 g/mol. The van der Waals surface area contributed by atoms with E-state index in [0.29, 0.717) is 0 Å². The predicted molar refractivity (Wildman–Crippen MR) is 73.2 cm³/mol. The maximum atomic E-state index is 8.96. The highest BCUT2D eigenvalue weighted by Crippen LogP contribution is 2.37. The van der Waals surface area contributed by atoms with Crippen molar-refractivity contribution in [2.75, 3.05) is 0 Å². The van der Waals surface area contributed by atoms with Gasteiger partial charge in [-0.2, -0.15) is 0 Å². The molecule has 0 amide bonds. The van der Waals surface area contributed by atoms with Crippen LogP contribution in [0.5, 0.6) is 0 Å². The molecular formula is C8H14Cl6O2. The van der Waals surface area contributed by atoms with Gasteiger partial charge in [0.2, 0.25) is 7.59 Å². The van der Waals surface area contributed by atoms with Gasteiger partial charge in [0, 0.05) is 0 Å². The van der Waals surface area contributed by atoms with Gasteiger partial charge in [0.05, 0.1) is 0 Å². The SMILES string of the molecule is CC(C)(O)C(Cl)(Cl)Cl.CC(C)(O)C(Cl)(Cl)Cl. The summed E-state index contributed by atoms with van der Waals surface area (Å²) in [5.41, 5.74) is -2.53. The molecule has 0 aromatic heterocycles. The summed E-state index contributed by atoms with van der Waals surface area (Å²) in [6, 6.07) is 0. The van der Waals surface area contributed by atoms with E-state index in [1.165, 1.54) is 27.7 Å². The molecule has 2 N–H and O–H groups in total. The second kappa shape index (κ2) is 6.21. The Bertz CT molecular complexity index is 157. The molecule has 0 rings (SSSR count). The molecule has 0 aliphatic heterocycles. The van der Waals surface area contributed by atoms with E-state index in [4.69, 9.17) is 79.8 Å². The van der Waals surface area contributed by atoms with Crippen LogP contribution in [0.3, 0.4) is 0 Å². The summed E-state index contributed by atoms with van der Waals surface area (Å²) in [5, 5.41) is 17.9. The van der Waals surface area contributed by atoms with Crippen LogP contribution in [0.4, 0.5) is 0 Å². The van der Waals surface area contributed by atoms with Crippen molar-refractivity contribution in [3.8, 4) is 0 Å². The maximum absolute atomic E-state index is 8.96. The first-order valence-electron chi connectivity index (χ1n) is 4.08. The number of aliphatic hydroxyl groups is 2. The largest absolute Gasteiger partial charge is 0.386 e. The molecule has 16 heavy (non-hydrogen) atoms. The van der Waals surface area contributed by atoms with E-state index in [0.717, 1.165) is 0 Å². The summed E-state index contributed by atoms with van der Waals surface area (Å²) in [7, 11) is 0. The Kier molecular flexibility index (Phi) is 7.75. The fraction of sp³-hybridized carbons (Fsp3) is 1.00. The Labute approximate surface area is 126 Å². The molecule has 0 aromatic rings. The lowest BCUT2D eigenvalue weighted by molar-refractivity contribution is 0.0841. The smallest absolute Gasteiger partial charge is 0.218 e. The third-order valence-electron chi connectivity index (χ3n) is 1.39. The lowest BCUT2D eigenvalue weighted by Crippen LogP contribution is -2.35. The van der Waals surface area contributed by atoms with E-state index >= 15 is 0 Å². The van der Waals surface area contributed by atoms with E-state index in [-0.39, 0.29) is 0 Å². The van der Waals surface area contributed by atoms with Crippen molar-refractivity contribution >= 4 is 69.6 Å². The molecule has 2 nitrogen and oxygen atoms in total. The first-order valence-corrected chi connectivity index (χ1v) is 6.35. The highest BCUT2D eigenvalue weighted by Gasteiger charge is 2.38. The van der Waals surface area contributed by atoms with Crippen molar-refractivity contribution in [3.05, 3.63) is 0 Å². The topological polar surface area (TPSA) is 40.5 Å². The zero-order chi connectivity index (χ0) is 14.0. The molecule has 0 heterocycles. The summed E-state index contributed by atoms with van der Waals surface area (Å²) in [6.45, 7) is 5.72. The molecule has 0 unspecified atom stereocenters. The van der Waals surface area contributed by atoms with Crippen LogP contribution in [0.25, 0.3) is 0 Å². The van der Waals surface area contributed by atoms with Crippen LogP contribution in [0, 0.1) is 0 Å². The van der Waals surface area contributed by atoms with Crippen molar-refractivity contribution in [1.29, 1.82) is 0 Å². The predicted octanol–water partition coefficient (Wildman–Crippen LogP) is 4.26. The molecule has 0 radical (unpaired) electrons. The molecule has 8 heteroatoms. The number of rotatable bonds is 0. The van der Waals surface area contributed by atoms with Crippen LogP contribution in [0.1, 0.15) is 27.7 Å². The van der Waals surface area contributed by atoms with Gasteiger partial charge in [-0.25, -0.2) is 0 Å². The normalized spacial score (nSPS) is 14.2. The van der Waals surface area contributed by atoms with Crippen LogP contribution in [-0.4, -0.2) is 29.0 Å². The zero-order valence-electron chi connectivity index (χ0n) is 9.16. The van der Waals surface area contributed by atoms with Crippen LogP contribution in [-0.2, 0) is 0 Å². The highest BCUT2D eigenvalue weighted by molar-refractivity contribution is 6.68. The minimum atomic E-state index is -1.59. The lowest BCUT2D eigenvalue weighted by atomic mass is 10.2. The zero-order valence-corrected chi connectivity index (χ0v) is 13.7. The van der Waals surface area contributed by atoms with Gasteiger partial charge in [0.1, 0.15) is 11.2 Å². The van der Waals surface area contributed by atoms with Crippen molar-refractivity contribution in [2.24, 2.45) is 0 Å². The summed E-state index contributed by atoms with van der Waals surface area (Å²) in [6.07, 6.45) is 0. The molecule has 0 atom stereocenters. The molecule has 0 saturated carbocycles. The molecule has 0 aromatic carbocycles. The molecule has 0 fully saturated rings. The van der Waals surface area contributed by atoms with Gasteiger partial charge < -0.3 is 10.2 Å². The van der Waals surface area contributed by atoms with E-state index < -0.39 is 18.8 Å². The van der Waals surface area contributed by atoms with Crippen LogP contribution >= 0.6 is 69.6 Å². The van der Waals surface area contributed by atoms with Gasteiger partial charge in [-0.3, -0.25) is 0 Å². The molecule has 100 valence electrons. The monoisotopic (exact) mass is 352 g/mol. The van der Waals surface area contributed by atoms with E-state index in [1.807, 2.05) is 0 Å². The van der Waals surface area contributed by atoms with E-state index in [9.17, 15) is 0 Å². The van der Waals surface area contributed by atoms with Crippen molar-refractivity contribution < 1.29 is 10.2 Å². The molecule has 0 saturated heterocycles. The molecule has 0 aliphatic carbocycles. The van der Waals surface area contributed by atoms with Crippen LogP contribution in [0.2, 0.25) is 0 Å². The average Bonchev–Trinajstić information content (AvgIpc) is 1.77. The van der Waals surface area contributed by atoms with Crippen molar-refractivity contribution in [3.63, 3.8) is 0 Å². The first kappa shape index (κ1) is 20.0. The maximum Gasteiger partial charge on any atom is 0.218 e. The van der Waals surface area contributed by atoms with Gasteiger partial charge >= 0.3 is 0 Å². The molecule has 0 spiro atoms. The second-order valence-corrected chi connectivity index (χ2v) is 8.68. The molecule has 0 aliphatic rings. The summed E-state index contributed by atoms with van der Waals surface area (Å²) < 4.78 is -3.18. The number of halogens is 6. The minimum absolute atomic E-state index is 1.27. The number of hydrogen-bond acceptors (Lipinski definition) is 2. The first-order chi connectivity index (χ1) is 6.50. The van der Waals surface area contributed by atoms with Crippen LogP contribution < -0.4 is 0 Å². The quantitative estimate of drug-likeness (QED) is 0.638. The fourth-order valence-electron chi connectivity index (χ4n) is 0. The third-order valence-corrected chi connectivity index (χ3v) is 4.16. The number of hydrogen-bond donors (Lipinski definition) is 2. The summed E-state index contributed by atoms with van der Waals surface area (Å²) >= 11 is 31.7. The van der Waals surface area contributed by atoms with E-state index in [1.54, 1.807) is 0 Å². The Morgan fingerprint density at radius 2 is 0.625 bits per heavy atom. The molecule has 0 bridgehead atoms. The minimum Gasteiger partial charge on any atom is -0.386 e. The van der Waals surface area contributed by atoms with Crippen molar-refractivity contribution in [2.45, 2.75) is 46.5 Å². The highest BCUT2D eigenvalue weighted by atomic mass is 35.6. The van der Waals surface area contributed by atoms with Gasteiger partial charge in [0.25, 0.3) is 0 Å². The van der Waals surface area contributed by atoms with Gasteiger partial charge in [-0.1, -0.05) is 69.6 Å². The molecular weight excluding hydrogens is 341 g/mol. The summed E-state index contributed by atoms with van der Waals surface area (Å²) in [5.74, 6) is 0. The third kappa shape index (κ3) is 8.71. The van der Waals surface area contributed by atoms with Crippen molar-refractivity contribution in [1.82, 2.24) is 0 Å². The number of alkyl halides is 6. The lowest BCUT2D eigenvalue weighted by Gasteiger charge is -2.25. The Morgan fingerprint density at radius 3 is 0.625 bits per heavy atom. The summed E-state index contributed by atoms with van der Waals surface area (Å²) in [4.78, 5) is 0. The Hall–Kier alpha value is 1.66. The Balaban J connectivity index is 0. The van der Waals surface area contributed by atoms with Gasteiger partial charge in [-0.05, 0) is 27.7 Å². The Morgan fingerprint density at radius 1 is 0.562 bits per heavy atom. The standard InChI is InChI=1S/2C4H7Cl3O/c2*1-3(2,8)4(5,6)7/h2*8H,1-2H3. The van der Waals surface area contributed by atoms with E-state index in [2.05, 4.69) is 0 Å². The van der Waals surface area contributed by atoms with Gasteiger partial charge in [0.15, 0.2) is 0 Å².